The molecule has 3 amide bonds. The molecule has 3 rings (SSSR count). The fourth-order valence-corrected chi connectivity index (χ4v) is 4.86. The Morgan fingerprint density at radius 3 is 2.61 bits per heavy atom. The van der Waals surface area contributed by atoms with Gasteiger partial charge >= 0.3 is 0 Å². The smallest absolute Gasteiger partial charge is 0.246 e. The van der Waals surface area contributed by atoms with Gasteiger partial charge in [-0.15, -0.1) is 11.3 Å². The molecule has 0 aliphatic carbocycles. The molecule has 1 fully saturated rings. The number of hydrogen-bond acceptors (Lipinski definition) is 6. The molecule has 2 aromatic rings. The Kier molecular flexibility index (Phi) is 7.41. The number of carbonyl (C=O) groups is 3. The molecular weight excluding hydrogens is 440 g/mol. The maximum absolute atomic E-state index is 13.2. The molecule has 1 aliphatic rings. The summed E-state index contributed by atoms with van der Waals surface area (Å²) >= 11 is 1.51. The van der Waals surface area contributed by atoms with Crippen LogP contribution >= 0.6 is 11.3 Å². The summed E-state index contributed by atoms with van der Waals surface area (Å²) < 4.78 is 0. The monoisotopic (exact) mass is 472 g/mol. The number of amides is 3. The van der Waals surface area contributed by atoms with Gasteiger partial charge in [-0.3, -0.25) is 14.4 Å². The van der Waals surface area contributed by atoms with E-state index in [-0.39, 0.29) is 30.0 Å². The molecule has 8 nitrogen and oxygen atoms in total. The molecule has 3 N–H and O–H groups in total. The number of hydrogen-bond donors (Lipinski definition) is 3. The third kappa shape index (κ3) is 5.71. The summed E-state index contributed by atoms with van der Waals surface area (Å²) in [5, 5.41) is 16.1. The van der Waals surface area contributed by atoms with Gasteiger partial charge in [0.05, 0.1) is 16.1 Å². The number of aryl methyl sites for hydroxylation is 1. The lowest BCUT2D eigenvalue weighted by atomic mass is 9.85. The van der Waals surface area contributed by atoms with Crippen LogP contribution in [0.4, 0.5) is 0 Å². The molecule has 1 aliphatic heterocycles. The van der Waals surface area contributed by atoms with Gasteiger partial charge in [0.2, 0.25) is 17.7 Å². The molecule has 33 heavy (non-hydrogen) atoms. The van der Waals surface area contributed by atoms with Crippen molar-refractivity contribution in [2.45, 2.75) is 66.1 Å². The van der Waals surface area contributed by atoms with Crippen molar-refractivity contribution in [2.75, 3.05) is 6.54 Å². The van der Waals surface area contributed by atoms with Crippen molar-refractivity contribution in [1.29, 1.82) is 0 Å². The van der Waals surface area contributed by atoms with Crippen LogP contribution in [0.15, 0.2) is 23.7 Å². The average Bonchev–Trinajstić information content (AvgIpc) is 3.38. The SMILES string of the molecule is CC(=O)NC(C(=O)N1CCC[C@H]1C(=O)NCc1ccc(-c2scnc2C)cc1O)C(C)(C)C. The van der Waals surface area contributed by atoms with Gasteiger partial charge in [-0.25, -0.2) is 4.98 Å². The molecule has 0 radical (unpaired) electrons. The van der Waals surface area contributed by atoms with Gasteiger partial charge < -0.3 is 20.6 Å². The highest BCUT2D eigenvalue weighted by atomic mass is 32.1. The van der Waals surface area contributed by atoms with Gasteiger partial charge in [-0.1, -0.05) is 32.9 Å². The number of rotatable bonds is 6. The molecule has 0 bridgehead atoms. The van der Waals surface area contributed by atoms with Gasteiger partial charge in [0.1, 0.15) is 17.8 Å². The molecular formula is C24H32N4O4S. The first-order valence-corrected chi connectivity index (χ1v) is 11.9. The van der Waals surface area contributed by atoms with Crippen LogP contribution in [0.5, 0.6) is 5.75 Å². The number of thiazole rings is 1. The number of benzene rings is 1. The van der Waals surface area contributed by atoms with Gasteiger partial charge in [0.25, 0.3) is 0 Å². The molecule has 0 spiro atoms. The third-order valence-electron chi connectivity index (χ3n) is 5.85. The van der Waals surface area contributed by atoms with Gasteiger partial charge in [0.15, 0.2) is 0 Å². The summed E-state index contributed by atoms with van der Waals surface area (Å²) in [5.41, 5.74) is 3.65. The highest BCUT2D eigenvalue weighted by Crippen LogP contribution is 2.31. The number of likely N-dealkylation sites (tertiary alicyclic amines) is 1. The van der Waals surface area contributed by atoms with Crippen LogP contribution in [-0.2, 0) is 20.9 Å². The number of aromatic nitrogens is 1. The minimum Gasteiger partial charge on any atom is -0.508 e. The molecule has 1 aromatic heterocycles. The molecule has 2 atom stereocenters. The Hall–Kier alpha value is -2.94. The van der Waals surface area contributed by atoms with E-state index in [0.717, 1.165) is 22.6 Å². The van der Waals surface area contributed by atoms with Crippen LogP contribution in [0.1, 0.15) is 51.8 Å². The molecule has 0 saturated carbocycles. The van der Waals surface area contributed by atoms with Crippen LogP contribution in [0.25, 0.3) is 10.4 Å². The van der Waals surface area contributed by atoms with E-state index < -0.39 is 17.5 Å². The predicted octanol–water partition coefficient (Wildman–Crippen LogP) is 2.98. The summed E-state index contributed by atoms with van der Waals surface area (Å²) in [5.74, 6) is -0.699. The minimum absolute atomic E-state index is 0.0957. The summed E-state index contributed by atoms with van der Waals surface area (Å²) in [6, 6.07) is 4.05. The lowest BCUT2D eigenvalue weighted by Crippen LogP contribution is -2.57. The second-order valence-electron chi connectivity index (χ2n) is 9.52. The normalized spacial score (nSPS) is 17.0. The van der Waals surface area contributed by atoms with Crippen LogP contribution < -0.4 is 10.6 Å². The Morgan fingerprint density at radius 1 is 1.30 bits per heavy atom. The number of phenols is 1. The molecule has 1 saturated heterocycles. The Balaban J connectivity index is 1.68. The highest BCUT2D eigenvalue weighted by molar-refractivity contribution is 7.13. The van der Waals surface area contributed by atoms with Crippen LogP contribution in [0.3, 0.4) is 0 Å². The first-order chi connectivity index (χ1) is 15.5. The largest absolute Gasteiger partial charge is 0.508 e. The number of phenolic OH excluding ortho intramolecular Hbond substituents is 1. The zero-order chi connectivity index (χ0) is 24.3. The number of nitrogens with one attached hydrogen (secondary N) is 2. The fraction of sp³-hybridized carbons (Fsp3) is 0.500. The van der Waals surface area contributed by atoms with Crippen molar-refractivity contribution in [3.63, 3.8) is 0 Å². The Labute approximate surface area is 198 Å². The predicted molar refractivity (Wildman–Crippen MR) is 128 cm³/mol. The minimum atomic E-state index is -0.713. The van der Waals surface area contributed by atoms with Crippen molar-refractivity contribution >= 4 is 29.1 Å². The van der Waals surface area contributed by atoms with E-state index in [1.54, 1.807) is 22.5 Å². The molecule has 178 valence electrons. The van der Waals surface area contributed by atoms with Crippen molar-refractivity contribution in [1.82, 2.24) is 20.5 Å². The van der Waals surface area contributed by atoms with E-state index in [1.807, 2.05) is 33.8 Å². The number of carbonyl (C=O) groups excluding carboxylic acids is 3. The van der Waals surface area contributed by atoms with E-state index in [1.165, 1.54) is 18.3 Å². The van der Waals surface area contributed by atoms with Crippen LogP contribution in [-0.4, -0.2) is 51.3 Å². The molecule has 1 aromatic carbocycles. The maximum atomic E-state index is 13.2. The first kappa shape index (κ1) is 24.7. The molecule has 9 heteroatoms. The zero-order valence-corrected chi connectivity index (χ0v) is 20.6. The first-order valence-electron chi connectivity index (χ1n) is 11.1. The summed E-state index contributed by atoms with van der Waals surface area (Å²) in [6.45, 7) is 9.58. The van der Waals surface area contributed by atoms with Gasteiger partial charge in [-0.05, 0) is 36.8 Å². The molecule has 1 unspecified atom stereocenters. The van der Waals surface area contributed by atoms with Crippen LogP contribution in [0, 0.1) is 12.3 Å². The Morgan fingerprint density at radius 2 is 2.03 bits per heavy atom. The summed E-state index contributed by atoms with van der Waals surface area (Å²) in [6.07, 6.45) is 1.28. The van der Waals surface area contributed by atoms with Crippen molar-refractivity contribution in [3.8, 4) is 16.2 Å². The van der Waals surface area contributed by atoms with Crippen molar-refractivity contribution in [3.05, 3.63) is 35.0 Å². The average molecular weight is 473 g/mol. The van der Waals surface area contributed by atoms with E-state index in [9.17, 15) is 19.5 Å². The van der Waals surface area contributed by atoms with Gasteiger partial charge in [0, 0.05) is 25.6 Å². The summed E-state index contributed by atoms with van der Waals surface area (Å²) in [7, 11) is 0. The van der Waals surface area contributed by atoms with E-state index in [4.69, 9.17) is 0 Å². The fourth-order valence-electron chi connectivity index (χ4n) is 4.05. The van der Waals surface area contributed by atoms with Crippen LogP contribution in [0.2, 0.25) is 0 Å². The second kappa shape index (κ2) is 9.91. The highest BCUT2D eigenvalue weighted by Gasteiger charge is 2.41. The topological polar surface area (TPSA) is 112 Å². The number of aromatic hydroxyl groups is 1. The van der Waals surface area contributed by atoms with E-state index >= 15 is 0 Å². The van der Waals surface area contributed by atoms with Crippen molar-refractivity contribution < 1.29 is 19.5 Å². The van der Waals surface area contributed by atoms with Gasteiger partial charge in [-0.2, -0.15) is 0 Å². The Bertz CT molecular complexity index is 1040. The quantitative estimate of drug-likeness (QED) is 0.598. The van der Waals surface area contributed by atoms with Crippen molar-refractivity contribution in [2.24, 2.45) is 5.41 Å². The van der Waals surface area contributed by atoms with E-state index in [2.05, 4.69) is 15.6 Å². The summed E-state index contributed by atoms with van der Waals surface area (Å²) in [4.78, 5) is 44.6. The third-order valence-corrected chi connectivity index (χ3v) is 6.82. The second-order valence-corrected chi connectivity index (χ2v) is 10.4. The molecule has 2 heterocycles. The lowest BCUT2D eigenvalue weighted by molar-refractivity contribution is -0.143. The standard InChI is InChI=1S/C24H32N4O4S/c1-14-20(33-13-26-14)16-8-9-17(19(30)11-16)12-25-22(31)18-7-6-10-28(18)23(32)21(24(3,4)5)27-15(2)29/h8-9,11,13,18,21,30H,6-7,10,12H2,1-5H3,(H,25,31)(H,27,29)/t18-,21?/m0/s1. The lowest BCUT2D eigenvalue weighted by Gasteiger charge is -2.35. The number of nitrogens with zero attached hydrogens (tertiary/aromatic N) is 2. The van der Waals surface area contributed by atoms with E-state index in [0.29, 0.717) is 18.5 Å². The zero-order valence-electron chi connectivity index (χ0n) is 19.8. The maximum Gasteiger partial charge on any atom is 0.246 e.